The molecule has 0 unspecified atom stereocenters. The molecule has 0 atom stereocenters. The fourth-order valence-electron chi connectivity index (χ4n) is 2.24. The fraction of sp³-hybridized carbons (Fsp3) is 0.250. The van der Waals surface area contributed by atoms with Gasteiger partial charge in [0, 0.05) is 0 Å². The first-order chi connectivity index (χ1) is 13.4. The molecule has 0 spiro atoms. The van der Waals surface area contributed by atoms with Crippen LogP contribution in [0.1, 0.15) is 17.3 Å². The van der Waals surface area contributed by atoms with E-state index in [0.717, 1.165) is 0 Å². The Bertz CT molecular complexity index is 863. The molecule has 8 nitrogen and oxygen atoms in total. The largest absolute Gasteiger partial charge is 0.495 e. The number of ketones is 1. The Morgan fingerprint density at radius 2 is 1.61 bits per heavy atom. The zero-order chi connectivity index (χ0) is 20.5. The average Bonchev–Trinajstić information content (AvgIpc) is 2.70. The summed E-state index contributed by atoms with van der Waals surface area (Å²) in [5, 5.41) is 2.69. The summed E-state index contributed by atoms with van der Waals surface area (Å²) in [7, 11) is 2.91. The molecule has 0 saturated heterocycles. The molecule has 0 aliphatic carbocycles. The fourth-order valence-corrected chi connectivity index (χ4v) is 2.24. The zero-order valence-electron chi connectivity index (χ0n) is 15.8. The molecule has 1 amide bonds. The Kier molecular flexibility index (Phi) is 7.38. The van der Waals surface area contributed by atoms with Crippen molar-refractivity contribution in [1.29, 1.82) is 0 Å². The van der Waals surface area contributed by atoms with Crippen LogP contribution in [0.25, 0.3) is 0 Å². The van der Waals surface area contributed by atoms with E-state index >= 15 is 0 Å². The number of rotatable bonds is 9. The lowest BCUT2D eigenvalue weighted by molar-refractivity contribution is -0.120. The molecule has 148 valence electrons. The van der Waals surface area contributed by atoms with Crippen LogP contribution in [-0.4, -0.2) is 45.1 Å². The Labute approximate surface area is 162 Å². The zero-order valence-corrected chi connectivity index (χ0v) is 15.8. The van der Waals surface area contributed by atoms with Crippen molar-refractivity contribution in [3.63, 3.8) is 0 Å². The van der Waals surface area contributed by atoms with Crippen molar-refractivity contribution < 1.29 is 33.3 Å². The number of Topliss-reactive ketones (excluding diaryl/α,β-unsaturated/α-hetero) is 1. The quantitative estimate of drug-likeness (QED) is 0.660. The molecular formula is C20H21NO7. The van der Waals surface area contributed by atoms with Gasteiger partial charge in [-0.1, -0.05) is 12.1 Å². The predicted octanol–water partition coefficient (Wildman–Crippen LogP) is 2.47. The molecule has 0 aromatic heterocycles. The van der Waals surface area contributed by atoms with Gasteiger partial charge in [-0.15, -0.1) is 0 Å². The minimum atomic E-state index is -0.658. The van der Waals surface area contributed by atoms with E-state index in [-0.39, 0.29) is 36.1 Å². The van der Waals surface area contributed by atoms with Crippen molar-refractivity contribution in [1.82, 2.24) is 0 Å². The molecule has 0 bridgehead atoms. The molecule has 28 heavy (non-hydrogen) atoms. The van der Waals surface area contributed by atoms with Gasteiger partial charge in [0.25, 0.3) is 5.91 Å². The number of para-hydroxylation sites is 2. The van der Waals surface area contributed by atoms with Crippen LogP contribution < -0.4 is 19.5 Å². The van der Waals surface area contributed by atoms with Crippen molar-refractivity contribution in [3.05, 3.63) is 48.0 Å². The van der Waals surface area contributed by atoms with Gasteiger partial charge < -0.3 is 24.3 Å². The summed E-state index contributed by atoms with van der Waals surface area (Å²) in [4.78, 5) is 35.0. The summed E-state index contributed by atoms with van der Waals surface area (Å²) in [5.41, 5.74) is 0.720. The SMILES string of the molecule is COc1ccccc1NC(=O)COc1ccc(C(=O)OCC(C)=O)cc1OC. The third kappa shape index (κ3) is 5.73. The van der Waals surface area contributed by atoms with E-state index in [9.17, 15) is 14.4 Å². The number of hydrogen-bond acceptors (Lipinski definition) is 7. The second kappa shape index (κ2) is 9.96. The van der Waals surface area contributed by atoms with E-state index in [1.807, 2.05) is 0 Å². The molecule has 0 aliphatic heterocycles. The molecule has 2 rings (SSSR count). The summed E-state index contributed by atoms with van der Waals surface area (Å²) in [6, 6.07) is 11.3. The maximum atomic E-state index is 12.1. The lowest BCUT2D eigenvalue weighted by Gasteiger charge is -2.13. The van der Waals surface area contributed by atoms with Gasteiger partial charge in [0.15, 0.2) is 23.9 Å². The molecule has 1 N–H and O–H groups in total. The van der Waals surface area contributed by atoms with Gasteiger partial charge in [0.1, 0.15) is 12.4 Å². The number of carbonyl (C=O) groups excluding carboxylic acids is 3. The Morgan fingerprint density at radius 1 is 0.893 bits per heavy atom. The van der Waals surface area contributed by atoms with E-state index < -0.39 is 11.9 Å². The monoisotopic (exact) mass is 387 g/mol. The number of methoxy groups -OCH3 is 2. The lowest BCUT2D eigenvalue weighted by Crippen LogP contribution is -2.20. The van der Waals surface area contributed by atoms with Crippen LogP contribution in [0.15, 0.2) is 42.5 Å². The Hall–Kier alpha value is -3.55. The highest BCUT2D eigenvalue weighted by Gasteiger charge is 2.14. The summed E-state index contributed by atoms with van der Waals surface area (Å²) in [6.07, 6.45) is 0. The Balaban J connectivity index is 2.00. The van der Waals surface area contributed by atoms with E-state index in [2.05, 4.69) is 5.32 Å². The number of hydrogen-bond donors (Lipinski definition) is 1. The molecule has 0 saturated carbocycles. The van der Waals surface area contributed by atoms with Crippen molar-refractivity contribution in [2.75, 3.05) is 32.8 Å². The van der Waals surface area contributed by atoms with Crippen molar-refractivity contribution in [2.24, 2.45) is 0 Å². The normalized spacial score (nSPS) is 9.96. The van der Waals surface area contributed by atoms with Crippen LogP contribution in [0.2, 0.25) is 0 Å². The van der Waals surface area contributed by atoms with Gasteiger partial charge in [-0.3, -0.25) is 9.59 Å². The van der Waals surface area contributed by atoms with Crippen LogP contribution in [0, 0.1) is 0 Å². The molecule has 0 fully saturated rings. The van der Waals surface area contributed by atoms with E-state index in [1.165, 1.54) is 39.3 Å². The molecule has 0 heterocycles. The summed E-state index contributed by atoms with van der Waals surface area (Å²) in [5.74, 6) is -0.253. The number of esters is 1. The number of ether oxygens (including phenoxy) is 4. The minimum absolute atomic E-state index is 0.198. The second-order valence-electron chi connectivity index (χ2n) is 5.68. The third-order valence-electron chi connectivity index (χ3n) is 3.55. The highest BCUT2D eigenvalue weighted by atomic mass is 16.5. The van der Waals surface area contributed by atoms with Crippen molar-refractivity contribution >= 4 is 23.3 Å². The van der Waals surface area contributed by atoms with Crippen LogP contribution in [0.5, 0.6) is 17.2 Å². The molecule has 2 aromatic carbocycles. The molecular weight excluding hydrogens is 366 g/mol. The van der Waals surface area contributed by atoms with Gasteiger partial charge in [0.2, 0.25) is 0 Å². The molecule has 2 aromatic rings. The van der Waals surface area contributed by atoms with Gasteiger partial charge >= 0.3 is 5.97 Å². The molecule has 0 radical (unpaired) electrons. The van der Waals surface area contributed by atoms with Gasteiger partial charge in [-0.2, -0.15) is 0 Å². The number of amides is 1. The lowest BCUT2D eigenvalue weighted by atomic mass is 10.2. The first-order valence-electron chi connectivity index (χ1n) is 8.35. The van der Waals surface area contributed by atoms with Crippen LogP contribution in [0.4, 0.5) is 5.69 Å². The van der Waals surface area contributed by atoms with Gasteiger partial charge in [0.05, 0.1) is 25.5 Å². The van der Waals surface area contributed by atoms with E-state index in [0.29, 0.717) is 11.4 Å². The second-order valence-corrected chi connectivity index (χ2v) is 5.68. The smallest absolute Gasteiger partial charge is 0.338 e. The first kappa shape index (κ1) is 20.8. The van der Waals surface area contributed by atoms with Crippen molar-refractivity contribution in [2.45, 2.75) is 6.92 Å². The minimum Gasteiger partial charge on any atom is -0.495 e. The maximum absolute atomic E-state index is 12.1. The van der Waals surface area contributed by atoms with Crippen LogP contribution in [-0.2, 0) is 14.3 Å². The first-order valence-corrected chi connectivity index (χ1v) is 8.35. The third-order valence-corrected chi connectivity index (χ3v) is 3.55. The van der Waals surface area contributed by atoms with Crippen molar-refractivity contribution in [3.8, 4) is 17.2 Å². The van der Waals surface area contributed by atoms with E-state index in [1.54, 1.807) is 24.3 Å². The number of carbonyl (C=O) groups is 3. The summed E-state index contributed by atoms with van der Waals surface area (Å²) < 4.78 is 20.7. The number of anilines is 1. The topological polar surface area (TPSA) is 100 Å². The number of benzene rings is 2. The highest BCUT2D eigenvalue weighted by molar-refractivity contribution is 5.94. The molecule has 8 heteroatoms. The van der Waals surface area contributed by atoms with Gasteiger partial charge in [-0.05, 0) is 37.3 Å². The number of nitrogens with one attached hydrogen (secondary N) is 1. The Morgan fingerprint density at radius 3 is 2.29 bits per heavy atom. The standard InChI is InChI=1S/C20H21NO7/c1-13(22)11-28-20(24)14-8-9-17(18(10-14)26-3)27-12-19(23)21-15-6-4-5-7-16(15)25-2/h4-10H,11-12H2,1-3H3,(H,21,23). The van der Waals surface area contributed by atoms with Crippen LogP contribution >= 0.6 is 0 Å². The summed E-state index contributed by atoms with van der Waals surface area (Å²) in [6.45, 7) is 0.742. The van der Waals surface area contributed by atoms with Gasteiger partial charge in [-0.25, -0.2) is 4.79 Å². The average molecular weight is 387 g/mol. The van der Waals surface area contributed by atoms with Crippen LogP contribution in [0.3, 0.4) is 0 Å². The maximum Gasteiger partial charge on any atom is 0.338 e. The summed E-state index contributed by atoms with van der Waals surface area (Å²) >= 11 is 0. The molecule has 0 aliphatic rings. The highest BCUT2D eigenvalue weighted by Crippen LogP contribution is 2.28. The van der Waals surface area contributed by atoms with E-state index in [4.69, 9.17) is 18.9 Å². The predicted molar refractivity (Wildman–Crippen MR) is 101 cm³/mol.